The van der Waals surface area contributed by atoms with Crippen LogP contribution in [0.25, 0.3) is 0 Å². The summed E-state index contributed by atoms with van der Waals surface area (Å²) in [7, 11) is 0. The van der Waals surface area contributed by atoms with Gasteiger partial charge in [0.15, 0.2) is 5.82 Å². The van der Waals surface area contributed by atoms with Crippen molar-refractivity contribution in [3.63, 3.8) is 0 Å². The Hall–Kier alpha value is -0.420. The number of fused-ring (bicyclic) bond motifs is 2. The Balaban J connectivity index is 2.09. The molecular formula is C9H12BrN3O. The fraction of sp³-hybridized carbons (Fsp3) is 0.778. The molecule has 0 N–H and O–H groups in total. The Morgan fingerprint density at radius 3 is 2.93 bits per heavy atom. The molecule has 76 valence electrons. The van der Waals surface area contributed by atoms with E-state index in [4.69, 9.17) is 4.74 Å². The normalized spacial score (nSPS) is 24.1. The Morgan fingerprint density at radius 2 is 2.14 bits per heavy atom. The van der Waals surface area contributed by atoms with Crippen molar-refractivity contribution in [1.29, 1.82) is 0 Å². The van der Waals surface area contributed by atoms with Crippen LogP contribution < -0.4 is 0 Å². The number of ether oxygens (including phenoxy) is 1. The minimum absolute atomic E-state index is 0.114. The number of nitrogens with zero attached hydrogens (tertiary/aromatic N) is 3. The molecule has 1 fully saturated rings. The van der Waals surface area contributed by atoms with Crippen LogP contribution in [0.15, 0.2) is 4.73 Å². The van der Waals surface area contributed by atoms with Crippen molar-refractivity contribution in [3.8, 4) is 0 Å². The summed E-state index contributed by atoms with van der Waals surface area (Å²) in [6.45, 7) is 1.60. The maximum absolute atomic E-state index is 5.92. The lowest BCUT2D eigenvalue weighted by Crippen LogP contribution is -2.36. The molecule has 0 unspecified atom stereocenters. The first-order valence-electron chi connectivity index (χ1n) is 5.05. The zero-order chi connectivity index (χ0) is 9.60. The van der Waals surface area contributed by atoms with Crippen molar-refractivity contribution in [2.24, 2.45) is 0 Å². The van der Waals surface area contributed by atoms with Gasteiger partial charge < -0.3 is 4.74 Å². The summed E-state index contributed by atoms with van der Waals surface area (Å²) in [4.78, 5) is 4.43. The van der Waals surface area contributed by atoms with Crippen LogP contribution in [0.5, 0.6) is 0 Å². The van der Waals surface area contributed by atoms with E-state index in [0.717, 1.165) is 31.8 Å². The summed E-state index contributed by atoms with van der Waals surface area (Å²) in [6, 6.07) is 0. The van der Waals surface area contributed by atoms with Gasteiger partial charge in [0.2, 0.25) is 4.73 Å². The molecule has 3 rings (SSSR count). The molecule has 1 spiro atoms. The van der Waals surface area contributed by atoms with E-state index < -0.39 is 0 Å². The van der Waals surface area contributed by atoms with Crippen LogP contribution in [-0.2, 0) is 16.9 Å². The van der Waals surface area contributed by atoms with E-state index >= 15 is 0 Å². The van der Waals surface area contributed by atoms with E-state index in [1.54, 1.807) is 0 Å². The molecule has 5 heteroatoms. The predicted molar refractivity (Wildman–Crippen MR) is 53.8 cm³/mol. The molecule has 0 bridgehead atoms. The van der Waals surface area contributed by atoms with Gasteiger partial charge in [0.25, 0.3) is 0 Å². The minimum atomic E-state index is -0.114. The van der Waals surface area contributed by atoms with Gasteiger partial charge in [0.05, 0.1) is 13.2 Å². The van der Waals surface area contributed by atoms with Gasteiger partial charge >= 0.3 is 0 Å². The van der Waals surface area contributed by atoms with Crippen LogP contribution in [0.2, 0.25) is 0 Å². The second kappa shape index (κ2) is 3.03. The lowest BCUT2D eigenvalue weighted by Gasteiger charge is -2.32. The summed E-state index contributed by atoms with van der Waals surface area (Å²) >= 11 is 3.32. The molecule has 1 aliphatic heterocycles. The monoisotopic (exact) mass is 257 g/mol. The lowest BCUT2D eigenvalue weighted by molar-refractivity contribution is -0.0788. The van der Waals surface area contributed by atoms with Crippen molar-refractivity contribution in [1.82, 2.24) is 14.8 Å². The summed E-state index contributed by atoms with van der Waals surface area (Å²) in [5.74, 6) is 1.02. The molecule has 0 aromatic carbocycles. The van der Waals surface area contributed by atoms with E-state index in [2.05, 4.69) is 26.0 Å². The van der Waals surface area contributed by atoms with Gasteiger partial charge in [0.1, 0.15) is 5.60 Å². The SMILES string of the molecule is Brc1nc2n(n1)CCOC21CCCC1. The zero-order valence-electron chi connectivity index (χ0n) is 7.87. The number of aromatic nitrogens is 3. The van der Waals surface area contributed by atoms with Crippen molar-refractivity contribution in [2.75, 3.05) is 6.61 Å². The maximum atomic E-state index is 5.92. The summed E-state index contributed by atoms with van der Waals surface area (Å²) in [5.41, 5.74) is -0.114. The Morgan fingerprint density at radius 1 is 1.36 bits per heavy atom. The van der Waals surface area contributed by atoms with E-state index in [1.807, 2.05) is 4.68 Å². The standard InChI is InChI=1S/C9H12BrN3O/c10-8-11-7-9(3-1-2-4-9)14-6-5-13(7)12-8/h1-6H2. The van der Waals surface area contributed by atoms with Gasteiger partial charge in [0, 0.05) is 0 Å². The molecular weight excluding hydrogens is 246 g/mol. The van der Waals surface area contributed by atoms with Crippen molar-refractivity contribution in [2.45, 2.75) is 37.8 Å². The number of rotatable bonds is 0. The van der Waals surface area contributed by atoms with Crippen molar-refractivity contribution in [3.05, 3.63) is 10.6 Å². The molecule has 2 aliphatic rings. The number of halogens is 1. The average Bonchev–Trinajstić information content (AvgIpc) is 2.74. The van der Waals surface area contributed by atoms with E-state index in [1.165, 1.54) is 12.8 Å². The topological polar surface area (TPSA) is 39.9 Å². The second-order valence-electron chi connectivity index (χ2n) is 3.98. The quantitative estimate of drug-likeness (QED) is 0.712. The van der Waals surface area contributed by atoms with Gasteiger partial charge in [-0.25, -0.2) is 9.67 Å². The molecule has 0 atom stereocenters. The molecule has 4 nitrogen and oxygen atoms in total. The Bertz CT molecular complexity index is 357. The zero-order valence-corrected chi connectivity index (χ0v) is 9.46. The third kappa shape index (κ3) is 1.15. The van der Waals surface area contributed by atoms with Crippen LogP contribution in [0.1, 0.15) is 31.5 Å². The van der Waals surface area contributed by atoms with E-state index in [-0.39, 0.29) is 5.60 Å². The van der Waals surface area contributed by atoms with Crippen LogP contribution in [0.3, 0.4) is 0 Å². The predicted octanol–water partition coefficient (Wildman–Crippen LogP) is 1.84. The largest absolute Gasteiger partial charge is 0.365 e. The number of hydrogen-bond acceptors (Lipinski definition) is 3. The van der Waals surface area contributed by atoms with E-state index in [0.29, 0.717) is 4.73 Å². The fourth-order valence-electron chi connectivity index (χ4n) is 2.51. The molecule has 1 aliphatic carbocycles. The van der Waals surface area contributed by atoms with Crippen molar-refractivity contribution < 1.29 is 4.74 Å². The van der Waals surface area contributed by atoms with Crippen LogP contribution in [0, 0.1) is 0 Å². The van der Waals surface area contributed by atoms with Crippen LogP contribution >= 0.6 is 15.9 Å². The molecule has 0 saturated heterocycles. The molecule has 0 radical (unpaired) electrons. The highest BCUT2D eigenvalue weighted by Gasteiger charge is 2.43. The van der Waals surface area contributed by atoms with Crippen LogP contribution in [-0.4, -0.2) is 21.4 Å². The molecule has 1 aromatic rings. The highest BCUT2D eigenvalue weighted by Crippen LogP contribution is 2.43. The second-order valence-corrected chi connectivity index (χ2v) is 4.69. The van der Waals surface area contributed by atoms with Crippen molar-refractivity contribution >= 4 is 15.9 Å². The Kier molecular flexibility index (Phi) is 1.92. The first-order chi connectivity index (χ1) is 6.80. The fourth-order valence-corrected chi connectivity index (χ4v) is 2.87. The highest BCUT2D eigenvalue weighted by atomic mass is 79.9. The third-order valence-corrected chi connectivity index (χ3v) is 3.48. The first-order valence-corrected chi connectivity index (χ1v) is 5.84. The Labute approximate surface area is 90.8 Å². The first kappa shape index (κ1) is 8.85. The molecule has 0 amide bonds. The smallest absolute Gasteiger partial charge is 0.217 e. The summed E-state index contributed by atoms with van der Waals surface area (Å²) < 4.78 is 8.59. The van der Waals surface area contributed by atoms with Gasteiger partial charge in [-0.15, -0.1) is 5.10 Å². The number of hydrogen-bond donors (Lipinski definition) is 0. The molecule has 2 heterocycles. The summed E-state index contributed by atoms with van der Waals surface area (Å²) in [5, 5.41) is 4.31. The summed E-state index contributed by atoms with van der Waals surface area (Å²) in [6.07, 6.45) is 4.67. The maximum Gasteiger partial charge on any atom is 0.217 e. The van der Waals surface area contributed by atoms with Gasteiger partial charge in [-0.05, 0) is 41.6 Å². The molecule has 1 saturated carbocycles. The molecule has 1 aromatic heterocycles. The molecule has 14 heavy (non-hydrogen) atoms. The van der Waals surface area contributed by atoms with Gasteiger partial charge in [-0.3, -0.25) is 0 Å². The highest BCUT2D eigenvalue weighted by molar-refractivity contribution is 9.10. The van der Waals surface area contributed by atoms with Gasteiger partial charge in [-0.1, -0.05) is 0 Å². The van der Waals surface area contributed by atoms with Gasteiger partial charge in [-0.2, -0.15) is 0 Å². The average molecular weight is 258 g/mol. The third-order valence-electron chi connectivity index (χ3n) is 3.15. The lowest BCUT2D eigenvalue weighted by atomic mass is 10.00. The van der Waals surface area contributed by atoms with E-state index in [9.17, 15) is 0 Å². The van der Waals surface area contributed by atoms with Crippen LogP contribution in [0.4, 0.5) is 0 Å². The minimum Gasteiger partial charge on any atom is -0.365 e.